The minimum atomic E-state index is -0.307. The van der Waals surface area contributed by atoms with E-state index < -0.39 is 0 Å². The normalized spacial score (nSPS) is 21.8. The van der Waals surface area contributed by atoms with Crippen molar-refractivity contribution < 1.29 is 9.59 Å². The van der Waals surface area contributed by atoms with Crippen molar-refractivity contribution in [1.82, 2.24) is 4.90 Å². The Balaban J connectivity index is 2.58. The van der Waals surface area contributed by atoms with Gasteiger partial charge in [0.15, 0.2) is 0 Å². The molecule has 4 heteroatoms. The van der Waals surface area contributed by atoms with Crippen molar-refractivity contribution in [2.75, 3.05) is 13.1 Å². The van der Waals surface area contributed by atoms with Crippen LogP contribution < -0.4 is 5.73 Å². The number of nitrogens with two attached hydrogens (primary N) is 1. The van der Waals surface area contributed by atoms with E-state index in [-0.39, 0.29) is 18.5 Å². The van der Waals surface area contributed by atoms with Gasteiger partial charge in [-0.25, -0.2) is 0 Å². The fourth-order valence-electron chi connectivity index (χ4n) is 2.33. The number of hydrogen-bond acceptors (Lipinski definition) is 3. The van der Waals surface area contributed by atoms with E-state index in [2.05, 4.69) is 18.7 Å². The largest absolute Gasteiger partial charge is 0.369 e. The maximum atomic E-state index is 11.4. The lowest BCUT2D eigenvalue weighted by Gasteiger charge is -2.33. The van der Waals surface area contributed by atoms with E-state index >= 15 is 0 Å². The Kier molecular flexibility index (Phi) is 4.93. The maximum absolute atomic E-state index is 11.4. The minimum absolute atomic E-state index is 0.219. The first kappa shape index (κ1) is 13.2. The van der Waals surface area contributed by atoms with Crippen LogP contribution in [-0.4, -0.2) is 35.7 Å². The van der Waals surface area contributed by atoms with Crippen LogP contribution in [0, 0.1) is 5.92 Å². The van der Waals surface area contributed by atoms with Gasteiger partial charge in [0.2, 0.25) is 5.91 Å². The average molecular weight is 226 g/mol. The lowest BCUT2D eigenvalue weighted by Crippen LogP contribution is -2.45. The Bertz CT molecular complexity index is 264. The van der Waals surface area contributed by atoms with Crippen LogP contribution in [0.25, 0.3) is 0 Å². The predicted molar refractivity (Wildman–Crippen MR) is 62.9 cm³/mol. The molecule has 0 aromatic heterocycles. The van der Waals surface area contributed by atoms with Crippen molar-refractivity contribution in [3.63, 3.8) is 0 Å². The van der Waals surface area contributed by atoms with Crippen molar-refractivity contribution in [2.45, 2.75) is 45.6 Å². The summed E-state index contributed by atoms with van der Waals surface area (Å²) in [6, 6.07) is 0.219. The number of Topliss-reactive ketones (excluding diaryl/α,β-unsaturated/α-hetero) is 1. The first-order valence-corrected chi connectivity index (χ1v) is 6.03. The van der Waals surface area contributed by atoms with Gasteiger partial charge in [0, 0.05) is 25.4 Å². The molecule has 1 saturated carbocycles. The maximum Gasteiger partial charge on any atom is 0.231 e. The number of hydrogen-bond donors (Lipinski definition) is 1. The second kappa shape index (κ2) is 5.99. The van der Waals surface area contributed by atoms with Crippen LogP contribution in [0.2, 0.25) is 0 Å². The van der Waals surface area contributed by atoms with Gasteiger partial charge in [-0.15, -0.1) is 0 Å². The molecule has 1 atom stereocenters. The monoisotopic (exact) mass is 226 g/mol. The fraction of sp³-hybridized carbons (Fsp3) is 0.833. The first-order valence-electron chi connectivity index (χ1n) is 6.03. The van der Waals surface area contributed by atoms with Gasteiger partial charge in [0.05, 0.1) is 6.54 Å². The van der Waals surface area contributed by atoms with Gasteiger partial charge in [-0.1, -0.05) is 13.8 Å². The van der Waals surface area contributed by atoms with E-state index in [1.807, 2.05) is 0 Å². The Labute approximate surface area is 97.2 Å². The Morgan fingerprint density at radius 1 is 1.56 bits per heavy atom. The third-order valence-electron chi connectivity index (χ3n) is 2.93. The minimum Gasteiger partial charge on any atom is -0.369 e. The van der Waals surface area contributed by atoms with Crippen molar-refractivity contribution >= 4 is 11.7 Å². The standard InChI is InChI=1S/C12H22N2O2/c1-9(2)7-14(8-12(13)16)10-4-3-5-11(15)6-10/h9-10H,3-8H2,1-2H3,(H2,13,16). The molecule has 16 heavy (non-hydrogen) atoms. The van der Waals surface area contributed by atoms with E-state index in [9.17, 15) is 9.59 Å². The number of carbonyl (C=O) groups is 2. The molecule has 1 aliphatic carbocycles. The molecule has 2 N–H and O–H groups in total. The molecule has 0 heterocycles. The molecule has 0 aromatic rings. The van der Waals surface area contributed by atoms with Gasteiger partial charge in [0.25, 0.3) is 0 Å². The Morgan fingerprint density at radius 2 is 2.25 bits per heavy atom. The Hall–Kier alpha value is -0.900. The molecule has 4 nitrogen and oxygen atoms in total. The Morgan fingerprint density at radius 3 is 2.75 bits per heavy atom. The van der Waals surface area contributed by atoms with E-state index in [0.29, 0.717) is 24.5 Å². The highest BCUT2D eigenvalue weighted by Crippen LogP contribution is 2.21. The SMILES string of the molecule is CC(C)CN(CC(N)=O)C1CCCC(=O)C1. The number of carbonyl (C=O) groups excluding carboxylic acids is 2. The molecule has 0 saturated heterocycles. The molecule has 1 amide bonds. The molecule has 0 aromatic carbocycles. The van der Waals surface area contributed by atoms with Crippen molar-refractivity contribution in [3.05, 3.63) is 0 Å². The van der Waals surface area contributed by atoms with Crippen molar-refractivity contribution in [1.29, 1.82) is 0 Å². The fourth-order valence-corrected chi connectivity index (χ4v) is 2.33. The summed E-state index contributed by atoms with van der Waals surface area (Å²) in [6.45, 7) is 5.33. The number of primary amides is 1. The smallest absolute Gasteiger partial charge is 0.231 e. The van der Waals surface area contributed by atoms with Gasteiger partial charge in [0.1, 0.15) is 5.78 Å². The third kappa shape index (κ3) is 4.31. The average Bonchev–Trinajstić information content (AvgIpc) is 2.15. The zero-order chi connectivity index (χ0) is 12.1. The summed E-state index contributed by atoms with van der Waals surface area (Å²) < 4.78 is 0. The highest BCUT2D eigenvalue weighted by molar-refractivity contribution is 5.80. The van der Waals surface area contributed by atoms with Gasteiger partial charge in [-0.3, -0.25) is 14.5 Å². The van der Waals surface area contributed by atoms with Crippen LogP contribution in [0.5, 0.6) is 0 Å². The summed E-state index contributed by atoms with van der Waals surface area (Å²) in [5, 5.41) is 0. The van der Waals surface area contributed by atoms with Crippen LogP contribution >= 0.6 is 0 Å². The molecule has 1 fully saturated rings. The molecule has 1 unspecified atom stereocenters. The van der Waals surface area contributed by atoms with E-state index in [4.69, 9.17) is 5.73 Å². The number of amides is 1. The number of ketones is 1. The van der Waals surface area contributed by atoms with Gasteiger partial charge in [-0.05, 0) is 18.8 Å². The van der Waals surface area contributed by atoms with E-state index in [0.717, 1.165) is 19.4 Å². The summed E-state index contributed by atoms with van der Waals surface area (Å²) in [6.07, 6.45) is 3.23. The van der Waals surface area contributed by atoms with Crippen LogP contribution in [-0.2, 0) is 9.59 Å². The highest BCUT2D eigenvalue weighted by atomic mass is 16.1. The van der Waals surface area contributed by atoms with Crippen LogP contribution in [0.15, 0.2) is 0 Å². The van der Waals surface area contributed by atoms with Crippen LogP contribution in [0.4, 0.5) is 0 Å². The zero-order valence-electron chi connectivity index (χ0n) is 10.2. The van der Waals surface area contributed by atoms with Crippen molar-refractivity contribution in [2.24, 2.45) is 11.7 Å². The highest BCUT2D eigenvalue weighted by Gasteiger charge is 2.26. The summed E-state index contributed by atoms with van der Waals surface area (Å²) in [5.41, 5.74) is 5.24. The van der Waals surface area contributed by atoms with Gasteiger partial charge < -0.3 is 5.73 Å². The molecule has 0 aliphatic heterocycles. The second-order valence-electron chi connectivity index (χ2n) is 5.08. The lowest BCUT2D eigenvalue weighted by molar-refractivity contribution is -0.125. The molecule has 0 radical (unpaired) electrons. The van der Waals surface area contributed by atoms with Gasteiger partial charge in [-0.2, -0.15) is 0 Å². The summed E-state index contributed by atoms with van der Waals surface area (Å²) in [4.78, 5) is 24.5. The zero-order valence-corrected chi connectivity index (χ0v) is 10.2. The molecule has 0 spiro atoms. The van der Waals surface area contributed by atoms with Crippen molar-refractivity contribution in [3.8, 4) is 0 Å². The third-order valence-corrected chi connectivity index (χ3v) is 2.93. The summed E-state index contributed by atoms with van der Waals surface area (Å²) in [7, 11) is 0. The molecule has 1 rings (SSSR count). The molecular weight excluding hydrogens is 204 g/mol. The predicted octanol–water partition coefficient (Wildman–Crippen LogP) is 0.941. The van der Waals surface area contributed by atoms with Crippen LogP contribution in [0.3, 0.4) is 0 Å². The van der Waals surface area contributed by atoms with Crippen LogP contribution in [0.1, 0.15) is 39.5 Å². The second-order valence-corrected chi connectivity index (χ2v) is 5.08. The van der Waals surface area contributed by atoms with E-state index in [1.54, 1.807) is 0 Å². The molecular formula is C12H22N2O2. The van der Waals surface area contributed by atoms with E-state index in [1.165, 1.54) is 0 Å². The number of rotatable bonds is 5. The van der Waals surface area contributed by atoms with Gasteiger partial charge >= 0.3 is 0 Å². The summed E-state index contributed by atoms with van der Waals surface area (Å²) >= 11 is 0. The molecule has 92 valence electrons. The number of nitrogens with zero attached hydrogens (tertiary/aromatic N) is 1. The molecule has 1 aliphatic rings. The quantitative estimate of drug-likeness (QED) is 0.759. The first-order chi connectivity index (χ1) is 7.49. The lowest BCUT2D eigenvalue weighted by atomic mass is 9.92. The summed E-state index contributed by atoms with van der Waals surface area (Å²) in [5.74, 6) is 0.490. The topological polar surface area (TPSA) is 63.4 Å². The molecule has 0 bridgehead atoms.